The summed E-state index contributed by atoms with van der Waals surface area (Å²) in [4.78, 5) is 0. The molecule has 0 aliphatic rings. The summed E-state index contributed by atoms with van der Waals surface area (Å²) >= 11 is 0. The summed E-state index contributed by atoms with van der Waals surface area (Å²) in [6.45, 7) is 2.56. The fourth-order valence-corrected chi connectivity index (χ4v) is 0.164. The first kappa shape index (κ1) is 5.70. The van der Waals surface area contributed by atoms with E-state index >= 15 is 0 Å². The summed E-state index contributed by atoms with van der Waals surface area (Å²) in [6.07, 6.45) is 3.82. The summed E-state index contributed by atoms with van der Waals surface area (Å²) in [5, 5.41) is 0. The van der Waals surface area contributed by atoms with Gasteiger partial charge in [-0.3, -0.25) is 0 Å². The highest BCUT2D eigenvalue weighted by Crippen LogP contribution is 1.70. The van der Waals surface area contributed by atoms with Crippen LogP contribution < -0.4 is 0 Å². The zero-order chi connectivity index (χ0) is 4.83. The molecule has 0 saturated heterocycles. The second-order valence-electron chi connectivity index (χ2n) is 0.940. The zero-order valence-electron chi connectivity index (χ0n) is 3.98. The minimum absolute atomic E-state index is 0.622. The van der Waals surface area contributed by atoms with E-state index in [2.05, 4.69) is 11.8 Å². The van der Waals surface area contributed by atoms with Gasteiger partial charge in [0.1, 0.15) is 0 Å². The predicted molar refractivity (Wildman–Crippen MR) is 26.1 cm³/mol. The average molecular weight is 85.1 g/mol. The zero-order valence-corrected chi connectivity index (χ0v) is 3.98. The van der Waals surface area contributed by atoms with E-state index in [4.69, 9.17) is 0 Å². The van der Waals surface area contributed by atoms with Crippen LogP contribution in [0.25, 0.3) is 0 Å². The van der Waals surface area contributed by atoms with Gasteiger partial charge in [0.25, 0.3) is 0 Å². The van der Waals surface area contributed by atoms with Crippen LogP contribution in [0.4, 0.5) is 0 Å². The van der Waals surface area contributed by atoms with Crippen molar-refractivity contribution in [3.8, 4) is 0 Å². The Hall–Kier alpha value is -0.300. The Kier molecular flexibility index (Phi) is 4.46. The molecule has 35 valence electrons. The number of hydrogen-bond donors (Lipinski definition) is 0. The molecule has 0 atom stereocenters. The maximum atomic E-state index is 4.45. The van der Waals surface area contributed by atoms with Crippen LogP contribution in [0.1, 0.15) is 6.92 Å². The predicted octanol–water partition coefficient (Wildman–Crippen LogP) is 1.37. The molecule has 0 unspecified atom stereocenters. The van der Waals surface area contributed by atoms with Crippen molar-refractivity contribution in [1.29, 1.82) is 0 Å². The van der Waals surface area contributed by atoms with Crippen LogP contribution in [-0.2, 0) is 4.74 Å². The van der Waals surface area contributed by atoms with Gasteiger partial charge in [-0.1, -0.05) is 12.2 Å². The molecule has 0 amide bonds. The lowest BCUT2D eigenvalue weighted by atomic mass is 10.6. The first-order chi connectivity index (χ1) is 2.91. The van der Waals surface area contributed by atoms with Crippen molar-refractivity contribution in [3.05, 3.63) is 19.3 Å². The van der Waals surface area contributed by atoms with Gasteiger partial charge in [-0.05, 0) is 6.92 Å². The molecule has 0 heterocycles. The van der Waals surface area contributed by atoms with Gasteiger partial charge in [0.05, 0.1) is 13.7 Å². The molecule has 0 N–H and O–H groups in total. The maximum absolute atomic E-state index is 4.45. The van der Waals surface area contributed by atoms with Crippen molar-refractivity contribution < 1.29 is 4.74 Å². The third-order valence-electron chi connectivity index (χ3n) is 0.450. The molecule has 0 bridgehead atoms. The number of ether oxygens (including phenoxy) is 1. The fourth-order valence-electron chi connectivity index (χ4n) is 0.164. The van der Waals surface area contributed by atoms with Crippen molar-refractivity contribution in [2.24, 2.45) is 0 Å². The van der Waals surface area contributed by atoms with E-state index in [0.29, 0.717) is 6.61 Å². The number of hydrogen-bond acceptors (Lipinski definition) is 1. The molecule has 1 nitrogen and oxygen atoms in total. The number of rotatable bonds is 2. The van der Waals surface area contributed by atoms with Crippen molar-refractivity contribution in [2.45, 2.75) is 6.92 Å². The first-order valence-electron chi connectivity index (χ1n) is 1.90. The molecule has 0 saturated carbocycles. The highest BCUT2D eigenvalue weighted by atomic mass is 16.5. The highest BCUT2D eigenvalue weighted by molar-refractivity contribution is 4.75. The van der Waals surface area contributed by atoms with Gasteiger partial charge in [0.15, 0.2) is 0 Å². The Morgan fingerprint density at radius 3 is 2.67 bits per heavy atom. The van der Waals surface area contributed by atoms with E-state index in [1.807, 2.05) is 19.1 Å². The van der Waals surface area contributed by atoms with Gasteiger partial charge in [-0.25, -0.2) is 0 Å². The van der Waals surface area contributed by atoms with Gasteiger partial charge in [-0.2, -0.15) is 0 Å². The van der Waals surface area contributed by atoms with Gasteiger partial charge >= 0.3 is 0 Å². The molecule has 0 fully saturated rings. The van der Waals surface area contributed by atoms with E-state index < -0.39 is 0 Å². The quantitative estimate of drug-likeness (QED) is 0.460. The lowest BCUT2D eigenvalue weighted by molar-refractivity contribution is 0.281. The third-order valence-corrected chi connectivity index (χ3v) is 0.450. The van der Waals surface area contributed by atoms with E-state index in [0.717, 1.165) is 0 Å². The summed E-state index contributed by atoms with van der Waals surface area (Å²) in [5.41, 5.74) is 0. The Morgan fingerprint density at radius 2 is 2.50 bits per heavy atom. The molecule has 0 aliphatic heterocycles. The Bertz CT molecular complexity index is 39.2. The van der Waals surface area contributed by atoms with Crippen LogP contribution in [0, 0.1) is 7.11 Å². The molecule has 0 rings (SSSR count). The first-order valence-corrected chi connectivity index (χ1v) is 1.90. The van der Waals surface area contributed by atoms with Crippen LogP contribution in [0.2, 0.25) is 0 Å². The van der Waals surface area contributed by atoms with Crippen LogP contribution in [0.15, 0.2) is 12.2 Å². The van der Waals surface area contributed by atoms with E-state index in [-0.39, 0.29) is 0 Å². The van der Waals surface area contributed by atoms with Crippen molar-refractivity contribution >= 4 is 0 Å². The fraction of sp³-hybridized carbons (Fsp3) is 0.400. The summed E-state index contributed by atoms with van der Waals surface area (Å²) in [5.74, 6) is 0. The average Bonchev–Trinajstić information content (AvgIpc) is 1.61. The van der Waals surface area contributed by atoms with E-state index in [9.17, 15) is 0 Å². The minimum atomic E-state index is 0.622. The van der Waals surface area contributed by atoms with Gasteiger partial charge in [0.2, 0.25) is 0 Å². The van der Waals surface area contributed by atoms with Gasteiger partial charge in [-0.15, -0.1) is 0 Å². The van der Waals surface area contributed by atoms with Gasteiger partial charge in [0, 0.05) is 0 Å². The molecule has 6 heavy (non-hydrogen) atoms. The van der Waals surface area contributed by atoms with Crippen LogP contribution >= 0.6 is 0 Å². The number of allylic oxidation sites excluding steroid dienone is 1. The van der Waals surface area contributed by atoms with E-state index in [1.165, 1.54) is 0 Å². The normalized spacial score (nSPS) is 10.3. The van der Waals surface area contributed by atoms with Crippen LogP contribution in [0.5, 0.6) is 0 Å². The van der Waals surface area contributed by atoms with Crippen LogP contribution in [0.3, 0.4) is 0 Å². The molecule has 0 aromatic carbocycles. The third kappa shape index (κ3) is 3.70. The van der Waals surface area contributed by atoms with Crippen molar-refractivity contribution in [1.82, 2.24) is 0 Å². The Morgan fingerprint density at radius 1 is 1.83 bits per heavy atom. The Labute approximate surface area is 38.6 Å². The lowest BCUT2D eigenvalue weighted by Gasteiger charge is -1.81. The van der Waals surface area contributed by atoms with Crippen LogP contribution in [-0.4, -0.2) is 6.61 Å². The Balaban J connectivity index is 2.66. The molecule has 0 aliphatic carbocycles. The highest BCUT2D eigenvalue weighted by Gasteiger charge is 1.62. The molecular formula is C5H9O. The van der Waals surface area contributed by atoms with E-state index in [1.54, 1.807) is 0 Å². The maximum Gasteiger partial charge on any atom is 0.0704 e. The van der Waals surface area contributed by atoms with Crippen molar-refractivity contribution in [3.63, 3.8) is 0 Å². The van der Waals surface area contributed by atoms with Gasteiger partial charge < -0.3 is 4.74 Å². The summed E-state index contributed by atoms with van der Waals surface area (Å²) in [6, 6.07) is 0. The molecule has 0 aromatic heterocycles. The minimum Gasteiger partial charge on any atom is -0.375 e. The second kappa shape index (κ2) is 4.70. The SMILES string of the molecule is [CH2]OC/C=C/C. The topological polar surface area (TPSA) is 9.23 Å². The second-order valence-corrected chi connectivity index (χ2v) is 0.940. The molecule has 1 radical (unpaired) electrons. The monoisotopic (exact) mass is 85.1 g/mol. The largest absolute Gasteiger partial charge is 0.375 e. The standard InChI is InChI=1S/C5H9O/c1-3-4-5-6-2/h3-4H,2,5H2,1H3/b4-3+. The molecule has 0 spiro atoms. The summed E-state index contributed by atoms with van der Waals surface area (Å²) < 4.78 is 4.45. The lowest BCUT2D eigenvalue weighted by Crippen LogP contribution is -1.74. The smallest absolute Gasteiger partial charge is 0.0704 e. The van der Waals surface area contributed by atoms with Crippen molar-refractivity contribution in [2.75, 3.05) is 6.61 Å². The molecule has 1 heteroatoms. The molecular weight excluding hydrogens is 76.1 g/mol. The summed E-state index contributed by atoms with van der Waals surface area (Å²) in [7, 11) is 3.17. The molecule has 0 aromatic rings.